The number of carbonyl (C=O) groups excluding carboxylic acids is 2. The Bertz CT molecular complexity index is 960. The summed E-state index contributed by atoms with van der Waals surface area (Å²) in [5.41, 5.74) is 1.39. The molecule has 3 saturated heterocycles. The second-order valence-corrected chi connectivity index (χ2v) is 8.91. The van der Waals surface area contributed by atoms with E-state index in [4.69, 9.17) is 16.3 Å². The minimum absolute atomic E-state index is 0.0494. The van der Waals surface area contributed by atoms with Gasteiger partial charge >= 0.3 is 0 Å². The van der Waals surface area contributed by atoms with Crippen molar-refractivity contribution >= 4 is 23.4 Å². The van der Waals surface area contributed by atoms with Gasteiger partial charge in [0.1, 0.15) is 11.7 Å². The van der Waals surface area contributed by atoms with Gasteiger partial charge < -0.3 is 14.5 Å². The fraction of sp³-hybridized carbons (Fsp3) is 0.417. The van der Waals surface area contributed by atoms with E-state index >= 15 is 0 Å². The van der Waals surface area contributed by atoms with E-state index in [0.717, 1.165) is 18.4 Å². The standard InChI is InChI=1S/C24H26ClN3O3/c25-20-8-6-19(7-9-20)22(29)26-12-13-27-21(17-26)23(30)28(16-18-4-2-1-3-5-18)24(27)10-14-31-15-11-24/h1-9,21H,10-17H2/t21-/m1/s1. The number of ether oxygens (including phenoxy) is 1. The Kier molecular flexibility index (Phi) is 5.46. The lowest BCUT2D eigenvalue weighted by atomic mass is 9.96. The predicted octanol–water partition coefficient (Wildman–Crippen LogP) is 3.02. The molecule has 0 N–H and O–H groups in total. The third-order valence-corrected chi connectivity index (χ3v) is 7.08. The summed E-state index contributed by atoms with van der Waals surface area (Å²) in [7, 11) is 0. The molecule has 0 radical (unpaired) electrons. The molecule has 31 heavy (non-hydrogen) atoms. The first-order valence-corrected chi connectivity index (χ1v) is 11.2. The van der Waals surface area contributed by atoms with Crippen molar-refractivity contribution in [3.05, 3.63) is 70.7 Å². The largest absolute Gasteiger partial charge is 0.381 e. The quantitative estimate of drug-likeness (QED) is 0.737. The number of rotatable bonds is 3. The molecule has 2 amide bonds. The van der Waals surface area contributed by atoms with Gasteiger partial charge in [0.2, 0.25) is 5.91 Å². The van der Waals surface area contributed by atoms with Crippen LogP contribution >= 0.6 is 11.6 Å². The number of piperazine rings is 1. The van der Waals surface area contributed by atoms with Crippen LogP contribution in [-0.2, 0) is 16.1 Å². The summed E-state index contributed by atoms with van der Waals surface area (Å²) in [5, 5.41) is 0.602. The fourth-order valence-corrected chi connectivity index (χ4v) is 5.36. The molecule has 3 fully saturated rings. The lowest BCUT2D eigenvalue weighted by Gasteiger charge is -2.49. The van der Waals surface area contributed by atoms with E-state index in [2.05, 4.69) is 17.0 Å². The molecule has 0 aliphatic carbocycles. The summed E-state index contributed by atoms with van der Waals surface area (Å²) >= 11 is 5.97. The molecule has 2 aromatic carbocycles. The number of hydrogen-bond donors (Lipinski definition) is 0. The maximum atomic E-state index is 13.7. The van der Waals surface area contributed by atoms with Crippen molar-refractivity contribution in [2.45, 2.75) is 31.1 Å². The highest BCUT2D eigenvalue weighted by molar-refractivity contribution is 6.30. The highest BCUT2D eigenvalue weighted by atomic mass is 35.5. The number of benzene rings is 2. The minimum atomic E-state index is -0.328. The summed E-state index contributed by atoms with van der Waals surface area (Å²) in [5.74, 6) is 0.0611. The van der Waals surface area contributed by atoms with Gasteiger partial charge in [0, 0.05) is 49.6 Å². The van der Waals surface area contributed by atoms with Crippen LogP contribution in [0.4, 0.5) is 0 Å². The molecule has 3 heterocycles. The zero-order valence-corrected chi connectivity index (χ0v) is 18.1. The van der Waals surface area contributed by atoms with Gasteiger partial charge in [-0.15, -0.1) is 0 Å². The van der Waals surface area contributed by atoms with Gasteiger partial charge in [-0.3, -0.25) is 14.5 Å². The van der Waals surface area contributed by atoms with E-state index in [9.17, 15) is 9.59 Å². The molecule has 3 aliphatic heterocycles. The van der Waals surface area contributed by atoms with Crippen LogP contribution in [0.25, 0.3) is 0 Å². The topological polar surface area (TPSA) is 53.1 Å². The van der Waals surface area contributed by atoms with Gasteiger partial charge in [-0.05, 0) is 29.8 Å². The van der Waals surface area contributed by atoms with Crippen LogP contribution < -0.4 is 0 Å². The average Bonchev–Trinajstić information content (AvgIpc) is 3.02. The molecule has 6 nitrogen and oxygen atoms in total. The lowest BCUT2D eigenvalue weighted by molar-refractivity contribution is -0.137. The molecular formula is C24H26ClN3O3. The van der Waals surface area contributed by atoms with E-state index in [1.807, 2.05) is 23.1 Å². The Hall–Kier alpha value is -2.41. The molecule has 0 bridgehead atoms. The third-order valence-electron chi connectivity index (χ3n) is 6.82. The maximum absolute atomic E-state index is 13.7. The van der Waals surface area contributed by atoms with Crippen LogP contribution in [0.1, 0.15) is 28.8 Å². The molecular weight excluding hydrogens is 414 g/mol. The van der Waals surface area contributed by atoms with Gasteiger partial charge in [0.25, 0.3) is 5.91 Å². The molecule has 5 rings (SSSR count). The third kappa shape index (κ3) is 3.63. The monoisotopic (exact) mass is 439 g/mol. The lowest BCUT2D eigenvalue weighted by Crippen LogP contribution is -2.62. The molecule has 2 aromatic rings. The second-order valence-electron chi connectivity index (χ2n) is 8.47. The molecule has 3 aliphatic rings. The number of carbonyl (C=O) groups is 2. The number of amides is 2. The number of halogens is 1. The van der Waals surface area contributed by atoms with Crippen molar-refractivity contribution in [3.8, 4) is 0 Å². The van der Waals surface area contributed by atoms with E-state index < -0.39 is 0 Å². The van der Waals surface area contributed by atoms with Crippen LogP contribution in [0.5, 0.6) is 0 Å². The summed E-state index contributed by atoms with van der Waals surface area (Å²) in [4.78, 5) is 32.9. The van der Waals surface area contributed by atoms with Crippen molar-refractivity contribution in [3.63, 3.8) is 0 Å². The van der Waals surface area contributed by atoms with Crippen molar-refractivity contribution in [1.82, 2.24) is 14.7 Å². The van der Waals surface area contributed by atoms with E-state index in [0.29, 0.717) is 50.0 Å². The van der Waals surface area contributed by atoms with Gasteiger partial charge in [0.05, 0.1) is 13.2 Å². The van der Waals surface area contributed by atoms with Crippen molar-refractivity contribution in [2.75, 3.05) is 32.8 Å². The first-order chi connectivity index (χ1) is 15.1. The van der Waals surface area contributed by atoms with Crippen LogP contribution in [0.2, 0.25) is 5.02 Å². The van der Waals surface area contributed by atoms with E-state index in [1.165, 1.54) is 0 Å². The highest BCUT2D eigenvalue weighted by Gasteiger charge is 2.58. The predicted molar refractivity (Wildman–Crippen MR) is 118 cm³/mol. The van der Waals surface area contributed by atoms with Crippen molar-refractivity contribution < 1.29 is 14.3 Å². The number of nitrogens with zero attached hydrogens (tertiary/aromatic N) is 3. The fourth-order valence-electron chi connectivity index (χ4n) is 5.24. The van der Waals surface area contributed by atoms with Crippen LogP contribution in [0, 0.1) is 0 Å². The Morgan fingerprint density at radius 2 is 1.74 bits per heavy atom. The smallest absolute Gasteiger partial charge is 0.253 e. The molecule has 0 aromatic heterocycles. The summed E-state index contributed by atoms with van der Waals surface area (Å²) in [6.45, 7) is 3.57. The van der Waals surface area contributed by atoms with Crippen LogP contribution in [0.3, 0.4) is 0 Å². The first kappa shape index (κ1) is 20.5. The molecule has 0 saturated carbocycles. The Morgan fingerprint density at radius 1 is 1.03 bits per heavy atom. The summed E-state index contributed by atoms with van der Waals surface area (Å²) < 4.78 is 5.66. The maximum Gasteiger partial charge on any atom is 0.253 e. The van der Waals surface area contributed by atoms with Gasteiger partial charge in [-0.2, -0.15) is 0 Å². The van der Waals surface area contributed by atoms with Crippen LogP contribution in [0.15, 0.2) is 54.6 Å². The minimum Gasteiger partial charge on any atom is -0.381 e. The van der Waals surface area contributed by atoms with Gasteiger partial charge in [0.15, 0.2) is 0 Å². The number of hydrogen-bond acceptors (Lipinski definition) is 4. The van der Waals surface area contributed by atoms with Crippen LogP contribution in [-0.4, -0.2) is 71.1 Å². The van der Waals surface area contributed by atoms with Gasteiger partial charge in [-0.25, -0.2) is 0 Å². The molecule has 7 heteroatoms. The summed E-state index contributed by atoms with van der Waals surface area (Å²) in [6.07, 6.45) is 1.60. The van der Waals surface area contributed by atoms with E-state index in [-0.39, 0.29) is 23.5 Å². The summed E-state index contributed by atoms with van der Waals surface area (Å²) in [6, 6.07) is 16.8. The highest BCUT2D eigenvalue weighted by Crippen LogP contribution is 2.42. The number of fused-ring (bicyclic) bond motifs is 2. The van der Waals surface area contributed by atoms with Crippen molar-refractivity contribution in [1.29, 1.82) is 0 Å². The second kappa shape index (κ2) is 8.26. The Morgan fingerprint density at radius 3 is 2.45 bits per heavy atom. The zero-order valence-electron chi connectivity index (χ0n) is 17.4. The molecule has 0 unspecified atom stereocenters. The molecule has 1 spiro atoms. The van der Waals surface area contributed by atoms with E-state index in [1.54, 1.807) is 29.2 Å². The Labute approximate surface area is 187 Å². The van der Waals surface area contributed by atoms with Crippen molar-refractivity contribution in [2.24, 2.45) is 0 Å². The van der Waals surface area contributed by atoms with Gasteiger partial charge in [-0.1, -0.05) is 41.9 Å². The molecule has 1 atom stereocenters. The SMILES string of the molecule is O=C(c1ccc(Cl)cc1)N1CCN2[C@H](C1)C(=O)N(Cc1ccccc1)C21CCOCC1. The first-order valence-electron chi connectivity index (χ1n) is 10.8. The average molecular weight is 440 g/mol. The Balaban J connectivity index is 1.41. The normalized spacial score (nSPS) is 23.3. The zero-order chi connectivity index (χ0) is 21.4. The molecule has 162 valence electrons.